The molecule has 0 saturated heterocycles. The lowest BCUT2D eigenvalue weighted by molar-refractivity contribution is 0.0652. The number of aromatic nitrogens is 2. The molecule has 33 heavy (non-hydrogen) atoms. The molecule has 0 bridgehead atoms. The van der Waals surface area contributed by atoms with Crippen molar-refractivity contribution in [3.05, 3.63) is 98.8 Å². The molecule has 0 atom stereocenters. The second kappa shape index (κ2) is 8.65. The number of fused-ring (bicyclic) bond motifs is 2. The molecular formula is C26H21Cl2N3O2. The van der Waals surface area contributed by atoms with Gasteiger partial charge in [-0.2, -0.15) is 0 Å². The Bertz CT molecular complexity index is 1380. The van der Waals surface area contributed by atoms with Gasteiger partial charge < -0.3 is 4.57 Å². The Morgan fingerprint density at radius 3 is 2.27 bits per heavy atom. The molecular weight excluding hydrogens is 457 g/mol. The van der Waals surface area contributed by atoms with Gasteiger partial charge in [-0.3, -0.25) is 14.5 Å². The van der Waals surface area contributed by atoms with Gasteiger partial charge >= 0.3 is 0 Å². The van der Waals surface area contributed by atoms with Crippen LogP contribution in [-0.2, 0) is 13.0 Å². The summed E-state index contributed by atoms with van der Waals surface area (Å²) in [6, 6.07) is 18.9. The Morgan fingerprint density at radius 2 is 1.58 bits per heavy atom. The van der Waals surface area contributed by atoms with E-state index < -0.39 is 0 Å². The fourth-order valence-corrected chi connectivity index (χ4v) is 4.68. The average Bonchev–Trinajstić information content (AvgIpc) is 3.24. The van der Waals surface area contributed by atoms with Crippen LogP contribution in [0.5, 0.6) is 0 Å². The number of amides is 2. The topological polar surface area (TPSA) is 55.2 Å². The van der Waals surface area contributed by atoms with Crippen LogP contribution in [0.15, 0.2) is 60.7 Å². The number of carbonyl (C=O) groups is 2. The van der Waals surface area contributed by atoms with Gasteiger partial charge in [-0.1, -0.05) is 65.2 Å². The van der Waals surface area contributed by atoms with Crippen molar-refractivity contribution in [2.45, 2.75) is 26.3 Å². The first-order valence-electron chi connectivity index (χ1n) is 10.8. The third kappa shape index (κ3) is 4.03. The molecule has 2 heterocycles. The molecule has 0 fully saturated rings. The van der Waals surface area contributed by atoms with Crippen LogP contribution in [0.25, 0.3) is 11.0 Å². The number of nitrogens with zero attached hydrogens (tertiary/aromatic N) is 3. The lowest BCUT2D eigenvalue weighted by Gasteiger charge is -2.14. The lowest BCUT2D eigenvalue weighted by Crippen LogP contribution is -2.31. The van der Waals surface area contributed by atoms with Gasteiger partial charge in [-0.25, -0.2) is 4.98 Å². The van der Waals surface area contributed by atoms with Crippen molar-refractivity contribution in [1.29, 1.82) is 0 Å². The molecule has 1 aliphatic heterocycles. The second-order valence-electron chi connectivity index (χ2n) is 8.27. The van der Waals surface area contributed by atoms with E-state index in [-0.39, 0.29) is 11.8 Å². The summed E-state index contributed by atoms with van der Waals surface area (Å²) in [5, 5.41) is 0.939. The highest BCUT2D eigenvalue weighted by Crippen LogP contribution is 2.30. The number of imide groups is 1. The number of hydrogen-bond donors (Lipinski definition) is 0. The van der Waals surface area contributed by atoms with Gasteiger partial charge in [0.2, 0.25) is 0 Å². The monoisotopic (exact) mass is 477 g/mol. The van der Waals surface area contributed by atoms with Gasteiger partial charge in [0, 0.05) is 19.5 Å². The van der Waals surface area contributed by atoms with E-state index in [1.165, 1.54) is 10.5 Å². The number of carbonyl (C=O) groups excluding carboxylic acids is 2. The van der Waals surface area contributed by atoms with Crippen LogP contribution in [0.3, 0.4) is 0 Å². The van der Waals surface area contributed by atoms with E-state index >= 15 is 0 Å². The predicted molar refractivity (Wildman–Crippen MR) is 130 cm³/mol. The standard InChI is InChI=1S/C26H21Cl2N3O2/c1-16-6-4-7-17(12-16)15-31-23-14-21(28)20(27)13-22(23)29-24(31)10-5-11-30-25(32)18-8-2-3-9-19(18)26(30)33/h2-4,6-9,12-14H,5,10-11,15H2,1H3. The van der Waals surface area contributed by atoms with Gasteiger partial charge in [-0.15, -0.1) is 0 Å². The molecule has 7 heteroatoms. The van der Waals surface area contributed by atoms with E-state index in [9.17, 15) is 9.59 Å². The van der Waals surface area contributed by atoms with Crippen LogP contribution in [0, 0.1) is 6.92 Å². The Morgan fingerprint density at radius 1 is 0.879 bits per heavy atom. The normalized spacial score (nSPS) is 13.2. The number of halogens is 2. The summed E-state index contributed by atoms with van der Waals surface area (Å²) in [7, 11) is 0. The summed E-state index contributed by atoms with van der Waals surface area (Å²) in [4.78, 5) is 31.5. The average molecular weight is 478 g/mol. The van der Waals surface area contributed by atoms with Crippen LogP contribution >= 0.6 is 23.2 Å². The fourth-order valence-electron chi connectivity index (χ4n) is 4.37. The minimum Gasteiger partial charge on any atom is -0.323 e. The van der Waals surface area contributed by atoms with Crippen molar-refractivity contribution in [3.63, 3.8) is 0 Å². The molecule has 2 amide bonds. The summed E-state index contributed by atoms with van der Waals surface area (Å²) in [5.41, 5.74) is 4.96. The third-order valence-electron chi connectivity index (χ3n) is 5.95. The molecule has 166 valence electrons. The van der Waals surface area contributed by atoms with Crippen LogP contribution in [-0.4, -0.2) is 32.8 Å². The first-order chi connectivity index (χ1) is 15.9. The van der Waals surface area contributed by atoms with E-state index in [0.29, 0.717) is 47.1 Å². The maximum absolute atomic E-state index is 12.7. The summed E-state index contributed by atoms with van der Waals surface area (Å²) in [6.45, 7) is 3.04. The first kappa shape index (κ1) is 21.7. The van der Waals surface area contributed by atoms with E-state index in [1.807, 2.05) is 12.1 Å². The summed E-state index contributed by atoms with van der Waals surface area (Å²) in [6.07, 6.45) is 1.20. The smallest absolute Gasteiger partial charge is 0.261 e. The van der Waals surface area contributed by atoms with Gasteiger partial charge in [0.05, 0.1) is 32.2 Å². The molecule has 4 aromatic rings. The maximum Gasteiger partial charge on any atom is 0.261 e. The van der Waals surface area contributed by atoms with Crippen molar-refractivity contribution < 1.29 is 9.59 Å². The van der Waals surface area contributed by atoms with Crippen molar-refractivity contribution >= 4 is 46.0 Å². The number of benzene rings is 3. The zero-order valence-electron chi connectivity index (χ0n) is 18.0. The summed E-state index contributed by atoms with van der Waals surface area (Å²) >= 11 is 12.5. The van der Waals surface area contributed by atoms with Crippen molar-refractivity contribution in [2.24, 2.45) is 0 Å². The van der Waals surface area contributed by atoms with Crippen LogP contribution in [0.1, 0.15) is 44.1 Å². The van der Waals surface area contributed by atoms with Crippen LogP contribution in [0.4, 0.5) is 0 Å². The maximum atomic E-state index is 12.7. The quantitative estimate of drug-likeness (QED) is 0.323. The molecule has 0 aliphatic carbocycles. The van der Waals surface area contributed by atoms with Crippen LogP contribution in [0.2, 0.25) is 10.0 Å². The van der Waals surface area contributed by atoms with Gasteiger partial charge in [0.1, 0.15) is 5.82 Å². The number of hydrogen-bond acceptors (Lipinski definition) is 3. The highest BCUT2D eigenvalue weighted by Gasteiger charge is 2.34. The Hall–Kier alpha value is -3.15. The van der Waals surface area contributed by atoms with E-state index in [2.05, 4.69) is 29.7 Å². The molecule has 0 N–H and O–H groups in total. The van der Waals surface area contributed by atoms with Crippen LogP contribution < -0.4 is 0 Å². The van der Waals surface area contributed by atoms with E-state index in [1.54, 1.807) is 30.3 Å². The molecule has 1 aliphatic rings. The third-order valence-corrected chi connectivity index (χ3v) is 6.67. The molecule has 0 unspecified atom stereocenters. The minimum atomic E-state index is -0.234. The Kier molecular flexibility index (Phi) is 5.69. The molecule has 0 radical (unpaired) electrons. The lowest BCUT2D eigenvalue weighted by atomic mass is 10.1. The highest BCUT2D eigenvalue weighted by atomic mass is 35.5. The minimum absolute atomic E-state index is 0.234. The molecule has 3 aromatic carbocycles. The molecule has 1 aromatic heterocycles. The van der Waals surface area contributed by atoms with Gasteiger partial charge in [0.25, 0.3) is 11.8 Å². The second-order valence-corrected chi connectivity index (χ2v) is 9.08. The zero-order chi connectivity index (χ0) is 23.1. The van der Waals surface area contributed by atoms with E-state index in [4.69, 9.17) is 28.2 Å². The first-order valence-corrected chi connectivity index (χ1v) is 11.5. The van der Waals surface area contributed by atoms with Gasteiger partial charge in [0.15, 0.2) is 0 Å². The number of rotatable bonds is 6. The summed E-state index contributed by atoms with van der Waals surface area (Å²) < 4.78 is 2.13. The van der Waals surface area contributed by atoms with Gasteiger partial charge in [-0.05, 0) is 43.2 Å². The SMILES string of the molecule is Cc1cccc(Cn2c(CCCN3C(=O)c4ccccc4C3=O)nc3cc(Cl)c(Cl)cc32)c1. The fraction of sp³-hybridized carbons (Fsp3) is 0.192. The molecule has 0 saturated carbocycles. The van der Waals surface area contributed by atoms with Crippen molar-refractivity contribution in [3.8, 4) is 0 Å². The molecule has 5 rings (SSSR count). The summed E-state index contributed by atoms with van der Waals surface area (Å²) in [5.74, 6) is 0.395. The Labute approximate surface area is 201 Å². The highest BCUT2D eigenvalue weighted by molar-refractivity contribution is 6.42. The number of aryl methyl sites for hydroxylation is 2. The largest absolute Gasteiger partial charge is 0.323 e. The Balaban J connectivity index is 1.41. The molecule has 5 nitrogen and oxygen atoms in total. The molecule has 0 spiro atoms. The zero-order valence-corrected chi connectivity index (χ0v) is 19.5. The van der Waals surface area contributed by atoms with Crippen molar-refractivity contribution in [1.82, 2.24) is 14.5 Å². The number of imidazole rings is 1. The van der Waals surface area contributed by atoms with Crippen molar-refractivity contribution in [2.75, 3.05) is 6.54 Å². The van der Waals surface area contributed by atoms with E-state index in [0.717, 1.165) is 22.4 Å². The predicted octanol–water partition coefficient (Wildman–Crippen LogP) is 5.93.